The zero-order valence-corrected chi connectivity index (χ0v) is 26.4. The maximum atomic E-state index is 13.6. The average molecular weight is 598 g/mol. The number of fused-ring (bicyclic) bond motifs is 2. The fourth-order valence-electron chi connectivity index (χ4n) is 8.13. The molecule has 1 aliphatic heterocycles. The van der Waals surface area contributed by atoms with Gasteiger partial charge in [0.1, 0.15) is 12.3 Å². The van der Waals surface area contributed by atoms with Gasteiger partial charge in [-0.15, -0.1) is 0 Å². The van der Waals surface area contributed by atoms with Crippen LogP contribution in [0, 0.1) is 5.92 Å². The zero-order valence-electron chi connectivity index (χ0n) is 26.4. The molecule has 1 saturated carbocycles. The Morgan fingerprint density at radius 1 is 1.00 bits per heavy atom. The van der Waals surface area contributed by atoms with Crippen LogP contribution in [0.5, 0.6) is 5.75 Å². The number of likely N-dealkylation sites (tertiary alicyclic amines) is 1. The number of carbonyl (C=O) groups excluding carboxylic acids is 3. The summed E-state index contributed by atoms with van der Waals surface area (Å²) in [5.74, 6) is 0.0892. The van der Waals surface area contributed by atoms with Crippen LogP contribution in [0.3, 0.4) is 0 Å². The van der Waals surface area contributed by atoms with Crippen LogP contribution < -0.4 is 10.1 Å². The minimum absolute atomic E-state index is 0.114. The standard InChI is InChI=1S/C37H44N2O5/c1-6-19-39(24-26(2)3)20-18-36(32-12-9-13-34(22-32)43-27(4)40)23-33(16-17-37(36,25-39)44-28(5)41)38-35(42)31-15-14-29-10-7-8-11-30(29)21-31/h6-15,21-22,26,33H,1,16-20,23-25H2,2-5H3/p+1/t33-,36+,37?,39-/m0/s1. The Labute approximate surface area is 260 Å². The van der Waals surface area contributed by atoms with Crippen LogP contribution in [-0.4, -0.2) is 60.2 Å². The monoisotopic (exact) mass is 597 g/mol. The van der Waals surface area contributed by atoms with E-state index < -0.39 is 17.0 Å². The van der Waals surface area contributed by atoms with Gasteiger partial charge in [0.05, 0.1) is 19.6 Å². The lowest BCUT2D eigenvalue weighted by Crippen LogP contribution is -2.74. The van der Waals surface area contributed by atoms with Gasteiger partial charge in [-0.05, 0) is 65.9 Å². The molecule has 3 aromatic rings. The lowest BCUT2D eigenvalue weighted by molar-refractivity contribution is -0.938. The van der Waals surface area contributed by atoms with E-state index in [0.717, 1.165) is 46.9 Å². The molecular weight excluding hydrogens is 552 g/mol. The highest BCUT2D eigenvalue weighted by Gasteiger charge is 2.65. The summed E-state index contributed by atoms with van der Waals surface area (Å²) in [7, 11) is 0. The Kier molecular flexibility index (Phi) is 8.98. The normalized spacial score (nSPS) is 26.4. The van der Waals surface area contributed by atoms with Gasteiger partial charge in [0.25, 0.3) is 5.91 Å². The number of nitrogens with zero attached hydrogens (tertiary/aromatic N) is 1. The Bertz CT molecular complexity index is 1570. The third kappa shape index (κ3) is 6.29. The molecule has 232 valence electrons. The first-order valence-corrected chi connectivity index (χ1v) is 15.7. The number of hydrogen-bond donors (Lipinski definition) is 1. The summed E-state index contributed by atoms with van der Waals surface area (Å²) in [6.07, 6.45) is 4.59. The Morgan fingerprint density at radius 2 is 1.77 bits per heavy atom. The van der Waals surface area contributed by atoms with Crippen molar-refractivity contribution in [2.45, 2.75) is 70.4 Å². The van der Waals surface area contributed by atoms with E-state index >= 15 is 0 Å². The second-order valence-corrected chi connectivity index (χ2v) is 13.3. The van der Waals surface area contributed by atoms with Gasteiger partial charge in [0.15, 0.2) is 5.60 Å². The second kappa shape index (κ2) is 12.6. The number of benzene rings is 3. The molecule has 1 heterocycles. The van der Waals surface area contributed by atoms with Crippen molar-refractivity contribution in [1.29, 1.82) is 0 Å². The van der Waals surface area contributed by atoms with Gasteiger partial charge in [-0.25, -0.2) is 0 Å². The Morgan fingerprint density at radius 3 is 2.48 bits per heavy atom. The predicted octanol–water partition coefficient (Wildman–Crippen LogP) is 6.35. The highest BCUT2D eigenvalue weighted by atomic mass is 16.6. The summed E-state index contributed by atoms with van der Waals surface area (Å²) in [6.45, 7) is 14.7. The lowest BCUT2D eigenvalue weighted by atomic mass is 9.54. The summed E-state index contributed by atoms with van der Waals surface area (Å²) >= 11 is 0. The molecule has 0 radical (unpaired) electrons. The first kappa shape index (κ1) is 31.5. The van der Waals surface area contributed by atoms with Gasteiger partial charge < -0.3 is 19.3 Å². The minimum atomic E-state index is -0.812. The average Bonchev–Trinajstić information content (AvgIpc) is 2.96. The molecule has 7 heteroatoms. The number of nitrogens with one attached hydrogen (secondary N) is 1. The van der Waals surface area contributed by atoms with E-state index in [1.165, 1.54) is 13.8 Å². The van der Waals surface area contributed by atoms with Crippen molar-refractivity contribution in [3.63, 3.8) is 0 Å². The van der Waals surface area contributed by atoms with E-state index in [0.29, 0.717) is 43.0 Å². The Hall–Kier alpha value is -3.97. The smallest absolute Gasteiger partial charge is 0.308 e. The third-order valence-corrected chi connectivity index (χ3v) is 9.57. The number of quaternary nitrogens is 1. The van der Waals surface area contributed by atoms with Gasteiger partial charge in [-0.3, -0.25) is 14.4 Å². The maximum Gasteiger partial charge on any atom is 0.308 e. The molecule has 0 aromatic heterocycles. The molecule has 1 saturated heterocycles. The molecule has 2 aliphatic rings. The molecule has 0 bridgehead atoms. The molecule has 1 unspecified atom stereocenters. The van der Waals surface area contributed by atoms with Crippen LogP contribution in [-0.2, 0) is 19.7 Å². The van der Waals surface area contributed by atoms with Gasteiger partial charge in [0.2, 0.25) is 0 Å². The quantitative estimate of drug-likeness (QED) is 0.135. The number of carbonyl (C=O) groups is 3. The van der Waals surface area contributed by atoms with E-state index in [2.05, 4.69) is 31.8 Å². The minimum Gasteiger partial charge on any atom is -0.452 e. The van der Waals surface area contributed by atoms with Crippen molar-refractivity contribution in [2.24, 2.45) is 5.92 Å². The SMILES string of the molecule is C=CC[N@@+]1(CC(C)C)CC[C@]2(c3cccc(OC(C)=O)c3)C[C@@H](NC(=O)c3ccc4ccccc4c3)CCC2(OC(C)=O)C1. The molecule has 2 fully saturated rings. The van der Waals surface area contributed by atoms with Crippen LogP contribution in [0.25, 0.3) is 10.8 Å². The molecule has 4 atom stereocenters. The maximum absolute atomic E-state index is 13.6. The molecule has 1 aliphatic carbocycles. The molecule has 1 amide bonds. The number of esters is 2. The van der Waals surface area contributed by atoms with E-state index in [-0.39, 0.29) is 17.9 Å². The topological polar surface area (TPSA) is 81.7 Å². The molecule has 7 nitrogen and oxygen atoms in total. The Balaban J connectivity index is 1.56. The van der Waals surface area contributed by atoms with Crippen molar-refractivity contribution >= 4 is 28.6 Å². The summed E-state index contributed by atoms with van der Waals surface area (Å²) in [5.41, 5.74) is 0.166. The number of rotatable bonds is 9. The van der Waals surface area contributed by atoms with E-state index in [1.807, 2.05) is 60.7 Å². The number of hydrogen-bond acceptors (Lipinski definition) is 5. The van der Waals surface area contributed by atoms with Gasteiger partial charge >= 0.3 is 11.9 Å². The van der Waals surface area contributed by atoms with Crippen molar-refractivity contribution in [3.05, 3.63) is 90.5 Å². The van der Waals surface area contributed by atoms with Crippen molar-refractivity contribution in [1.82, 2.24) is 5.32 Å². The second-order valence-electron chi connectivity index (χ2n) is 13.3. The highest BCUT2D eigenvalue weighted by Crippen LogP contribution is 2.55. The van der Waals surface area contributed by atoms with Gasteiger partial charge in [-0.2, -0.15) is 0 Å². The summed E-state index contributed by atoms with van der Waals surface area (Å²) in [4.78, 5) is 38.4. The van der Waals surface area contributed by atoms with Gasteiger partial charge in [0, 0.05) is 43.2 Å². The largest absolute Gasteiger partial charge is 0.452 e. The first-order valence-electron chi connectivity index (χ1n) is 15.7. The van der Waals surface area contributed by atoms with Crippen LogP contribution in [0.1, 0.15) is 69.3 Å². The first-order chi connectivity index (χ1) is 21.0. The van der Waals surface area contributed by atoms with Crippen LogP contribution >= 0.6 is 0 Å². The van der Waals surface area contributed by atoms with Crippen molar-refractivity contribution in [3.8, 4) is 5.75 Å². The molecule has 5 rings (SSSR count). The van der Waals surface area contributed by atoms with E-state index in [4.69, 9.17) is 9.47 Å². The van der Waals surface area contributed by atoms with Crippen LogP contribution in [0.4, 0.5) is 0 Å². The van der Waals surface area contributed by atoms with E-state index in [1.54, 1.807) is 6.07 Å². The molecule has 44 heavy (non-hydrogen) atoms. The molecule has 1 N–H and O–H groups in total. The van der Waals surface area contributed by atoms with E-state index in [9.17, 15) is 14.4 Å². The van der Waals surface area contributed by atoms with Crippen LogP contribution in [0.15, 0.2) is 79.4 Å². The fourth-order valence-corrected chi connectivity index (χ4v) is 8.13. The summed E-state index contributed by atoms with van der Waals surface area (Å²) in [5, 5.41) is 5.44. The van der Waals surface area contributed by atoms with Crippen molar-refractivity contribution in [2.75, 3.05) is 26.2 Å². The number of amides is 1. The molecular formula is C37H45N2O5+. The lowest BCUT2D eigenvalue weighted by Gasteiger charge is -2.61. The van der Waals surface area contributed by atoms with Crippen LogP contribution in [0.2, 0.25) is 0 Å². The third-order valence-electron chi connectivity index (χ3n) is 9.57. The molecule has 0 spiro atoms. The predicted molar refractivity (Wildman–Crippen MR) is 172 cm³/mol. The summed E-state index contributed by atoms with van der Waals surface area (Å²) < 4.78 is 12.8. The number of ether oxygens (including phenoxy) is 2. The van der Waals surface area contributed by atoms with Gasteiger partial charge in [-0.1, -0.05) is 62.9 Å². The highest BCUT2D eigenvalue weighted by molar-refractivity contribution is 5.98. The van der Waals surface area contributed by atoms with Crippen molar-refractivity contribution < 1.29 is 28.3 Å². The molecule has 3 aromatic carbocycles. The number of piperidine rings is 1. The zero-order chi connectivity index (χ0) is 31.5. The fraction of sp³-hybridized carbons (Fsp3) is 0.432. The summed E-state index contributed by atoms with van der Waals surface area (Å²) in [6, 6.07) is 21.3.